The van der Waals surface area contributed by atoms with Crippen LogP contribution >= 0.6 is 0 Å². The van der Waals surface area contributed by atoms with Gasteiger partial charge in [-0.15, -0.1) is 0 Å². The van der Waals surface area contributed by atoms with Crippen LogP contribution in [0.1, 0.15) is 13.3 Å². The number of nitrogens with zero attached hydrogens (tertiary/aromatic N) is 1. The van der Waals surface area contributed by atoms with Crippen LogP contribution in [0.25, 0.3) is 0 Å². The molecule has 0 bridgehead atoms. The number of hydrogen-bond donors (Lipinski definition) is 2. The van der Waals surface area contributed by atoms with Crippen LogP contribution in [0.4, 0.5) is 8.78 Å². The molecule has 0 aromatic heterocycles. The fourth-order valence-corrected chi connectivity index (χ4v) is 1.83. The molecule has 0 saturated carbocycles. The number of nitrogens with two attached hydrogens (primary N) is 1. The lowest BCUT2D eigenvalue weighted by Gasteiger charge is -2.19. The molecule has 3 N–H and O–H groups in total. The first-order chi connectivity index (χ1) is 6.32. The molecular formula is C6H13F2N3O2S. The van der Waals surface area contributed by atoms with Gasteiger partial charge in [0, 0.05) is 6.54 Å². The normalized spacial score (nSPS) is 12.4. The molecule has 0 fully saturated rings. The second kappa shape index (κ2) is 5.20. The molecular weight excluding hydrogens is 216 g/mol. The van der Waals surface area contributed by atoms with E-state index in [0.717, 1.165) is 0 Å². The van der Waals surface area contributed by atoms with Gasteiger partial charge in [0.15, 0.2) is 0 Å². The number of halogens is 2. The summed E-state index contributed by atoms with van der Waals surface area (Å²) < 4.78 is 46.7. The van der Waals surface area contributed by atoms with Crippen molar-refractivity contribution in [2.24, 2.45) is 5.73 Å². The predicted molar refractivity (Wildman–Crippen MR) is 48.7 cm³/mol. The Labute approximate surface area is 81.4 Å². The second-order valence-corrected chi connectivity index (χ2v) is 4.57. The van der Waals surface area contributed by atoms with E-state index in [4.69, 9.17) is 11.1 Å². The third kappa shape index (κ3) is 3.54. The number of rotatable bonds is 6. The van der Waals surface area contributed by atoms with Gasteiger partial charge in [0.25, 0.3) is 10.0 Å². The maximum absolute atomic E-state index is 12.1. The van der Waals surface area contributed by atoms with Gasteiger partial charge < -0.3 is 5.73 Å². The molecule has 0 atom stereocenters. The summed E-state index contributed by atoms with van der Waals surface area (Å²) in [7, 11) is -4.62. The molecule has 0 radical (unpaired) electrons. The van der Waals surface area contributed by atoms with Crippen molar-refractivity contribution in [3.8, 4) is 0 Å². The first kappa shape index (κ1) is 13.2. The zero-order valence-corrected chi connectivity index (χ0v) is 8.52. The van der Waals surface area contributed by atoms with Crippen molar-refractivity contribution in [3.05, 3.63) is 0 Å². The highest BCUT2D eigenvalue weighted by Crippen LogP contribution is 2.11. The van der Waals surface area contributed by atoms with Gasteiger partial charge in [-0.3, -0.25) is 5.41 Å². The minimum Gasteiger partial charge on any atom is -0.387 e. The maximum atomic E-state index is 12.1. The van der Waals surface area contributed by atoms with Gasteiger partial charge in [0.1, 0.15) is 5.84 Å². The van der Waals surface area contributed by atoms with E-state index in [1.54, 1.807) is 6.92 Å². The molecule has 0 amide bonds. The lowest BCUT2D eigenvalue weighted by atomic mass is 10.4. The number of amidine groups is 1. The van der Waals surface area contributed by atoms with Gasteiger partial charge in [-0.05, 0) is 6.42 Å². The molecule has 5 nitrogen and oxygen atoms in total. The molecule has 0 aliphatic heterocycles. The molecule has 8 heteroatoms. The van der Waals surface area contributed by atoms with E-state index in [0.29, 0.717) is 10.7 Å². The van der Waals surface area contributed by atoms with Crippen LogP contribution in [0.3, 0.4) is 0 Å². The maximum Gasteiger partial charge on any atom is 0.350 e. The Hall–Kier alpha value is -0.760. The molecule has 0 aromatic carbocycles. The molecule has 0 spiro atoms. The predicted octanol–water partition coefficient (Wildman–Crippen LogP) is 0.187. The van der Waals surface area contributed by atoms with Crippen molar-refractivity contribution >= 4 is 15.9 Å². The average molecular weight is 229 g/mol. The zero-order valence-electron chi connectivity index (χ0n) is 7.70. The van der Waals surface area contributed by atoms with Crippen LogP contribution in [0.15, 0.2) is 0 Å². The highest BCUT2D eigenvalue weighted by Gasteiger charge is 2.31. The summed E-state index contributed by atoms with van der Waals surface area (Å²) in [5, 5.41) is 6.85. The largest absolute Gasteiger partial charge is 0.387 e. The van der Waals surface area contributed by atoms with Crippen LogP contribution in [0, 0.1) is 5.41 Å². The quantitative estimate of drug-likeness (QED) is 0.503. The van der Waals surface area contributed by atoms with Gasteiger partial charge in [-0.1, -0.05) is 6.92 Å². The molecule has 0 heterocycles. The minimum atomic E-state index is -4.62. The van der Waals surface area contributed by atoms with Gasteiger partial charge in [-0.2, -0.15) is 13.1 Å². The minimum absolute atomic E-state index is 0.0632. The smallest absolute Gasteiger partial charge is 0.350 e. The zero-order chi connectivity index (χ0) is 11.4. The van der Waals surface area contributed by atoms with E-state index in [9.17, 15) is 17.2 Å². The Morgan fingerprint density at radius 1 is 1.57 bits per heavy atom. The second-order valence-electron chi connectivity index (χ2n) is 2.66. The highest BCUT2D eigenvalue weighted by molar-refractivity contribution is 7.89. The standard InChI is InChI=1S/C6H13F2N3O2S/c1-2-3-11(4-5(9)10)14(12,13)6(7)8/h6H,2-4H2,1H3,(H3,9,10). The number of nitrogens with one attached hydrogen (secondary N) is 1. The Bertz CT molecular complexity index is 291. The summed E-state index contributed by atoms with van der Waals surface area (Å²) in [6, 6.07) is 0. The van der Waals surface area contributed by atoms with Crippen LogP contribution in [0.5, 0.6) is 0 Å². The van der Waals surface area contributed by atoms with E-state index in [-0.39, 0.29) is 6.54 Å². The van der Waals surface area contributed by atoms with E-state index < -0.39 is 28.2 Å². The van der Waals surface area contributed by atoms with E-state index >= 15 is 0 Å². The van der Waals surface area contributed by atoms with Gasteiger partial charge in [0.2, 0.25) is 0 Å². The Balaban J connectivity index is 4.73. The van der Waals surface area contributed by atoms with E-state index in [1.165, 1.54) is 0 Å². The Kier molecular flexibility index (Phi) is 4.92. The topological polar surface area (TPSA) is 87.2 Å². The average Bonchev–Trinajstić information content (AvgIpc) is 2.02. The van der Waals surface area contributed by atoms with E-state index in [1.807, 2.05) is 0 Å². The van der Waals surface area contributed by atoms with Crippen molar-refractivity contribution < 1.29 is 17.2 Å². The van der Waals surface area contributed by atoms with Gasteiger partial charge in [-0.25, -0.2) is 8.42 Å². The first-order valence-electron chi connectivity index (χ1n) is 3.92. The molecule has 0 aliphatic rings. The van der Waals surface area contributed by atoms with E-state index in [2.05, 4.69) is 0 Å². The fourth-order valence-electron chi connectivity index (χ4n) is 0.848. The van der Waals surface area contributed by atoms with Crippen molar-refractivity contribution in [1.82, 2.24) is 4.31 Å². The third-order valence-corrected chi connectivity index (χ3v) is 2.89. The molecule has 0 aliphatic carbocycles. The van der Waals surface area contributed by atoms with Gasteiger partial charge in [0.05, 0.1) is 6.54 Å². The number of sulfonamides is 1. The monoisotopic (exact) mass is 229 g/mol. The molecule has 0 saturated heterocycles. The molecule has 84 valence electrons. The molecule has 0 aromatic rings. The van der Waals surface area contributed by atoms with Crippen LogP contribution in [0.2, 0.25) is 0 Å². The summed E-state index contributed by atoms with van der Waals surface area (Å²) in [4.78, 5) is 0. The number of alkyl halides is 2. The van der Waals surface area contributed by atoms with Crippen LogP contribution in [-0.4, -0.2) is 37.4 Å². The van der Waals surface area contributed by atoms with Crippen LogP contribution in [-0.2, 0) is 10.0 Å². The summed E-state index contributed by atoms with van der Waals surface area (Å²) in [5.41, 5.74) is 4.95. The van der Waals surface area contributed by atoms with Crippen molar-refractivity contribution in [3.63, 3.8) is 0 Å². The molecule has 0 unspecified atom stereocenters. The lowest BCUT2D eigenvalue weighted by molar-refractivity contribution is 0.221. The van der Waals surface area contributed by atoms with Crippen molar-refractivity contribution in [1.29, 1.82) is 5.41 Å². The Morgan fingerprint density at radius 3 is 2.36 bits per heavy atom. The summed E-state index contributed by atoms with van der Waals surface area (Å²) >= 11 is 0. The summed E-state index contributed by atoms with van der Waals surface area (Å²) in [6.07, 6.45) is 0.388. The third-order valence-electron chi connectivity index (χ3n) is 1.40. The SMILES string of the molecule is CCCN(CC(=N)N)S(=O)(=O)C(F)F. The first-order valence-corrected chi connectivity index (χ1v) is 5.42. The van der Waals surface area contributed by atoms with Crippen LogP contribution < -0.4 is 5.73 Å². The fraction of sp³-hybridized carbons (Fsp3) is 0.833. The Morgan fingerprint density at radius 2 is 2.07 bits per heavy atom. The van der Waals surface area contributed by atoms with Crippen molar-refractivity contribution in [2.75, 3.05) is 13.1 Å². The highest BCUT2D eigenvalue weighted by atomic mass is 32.2. The molecule has 0 rings (SSSR count). The summed E-state index contributed by atoms with van der Waals surface area (Å²) in [5.74, 6) is -3.92. The number of hydrogen-bond acceptors (Lipinski definition) is 3. The summed E-state index contributed by atoms with van der Waals surface area (Å²) in [6.45, 7) is 1.10. The van der Waals surface area contributed by atoms with Gasteiger partial charge >= 0.3 is 5.76 Å². The lowest BCUT2D eigenvalue weighted by Crippen LogP contribution is -2.41. The van der Waals surface area contributed by atoms with Crippen molar-refractivity contribution in [2.45, 2.75) is 19.1 Å². The molecule has 14 heavy (non-hydrogen) atoms.